The summed E-state index contributed by atoms with van der Waals surface area (Å²) < 4.78 is 26.6. The van der Waals surface area contributed by atoms with Crippen LogP contribution in [0.25, 0.3) is 5.69 Å². The first-order valence-corrected chi connectivity index (χ1v) is 12.3. The number of methoxy groups -OCH3 is 1. The number of carbonyl (C=O) groups is 2. The highest BCUT2D eigenvalue weighted by atomic mass is 19.1. The number of rotatable bonds is 5. The average molecular weight is 509 g/mol. The molecule has 0 unspecified atom stereocenters. The molecule has 2 heterocycles. The largest absolute Gasteiger partial charge is 0.497 e. The van der Waals surface area contributed by atoms with Crippen LogP contribution in [0.1, 0.15) is 61.1 Å². The van der Waals surface area contributed by atoms with Crippen molar-refractivity contribution in [2.45, 2.75) is 52.1 Å². The number of nitrogens with one attached hydrogen (secondary N) is 1. The number of ether oxygens (including phenoxy) is 2. The molecule has 0 spiro atoms. The van der Waals surface area contributed by atoms with Gasteiger partial charge in [-0.3, -0.25) is 4.79 Å². The summed E-state index contributed by atoms with van der Waals surface area (Å²) in [4.78, 5) is 27.6. The zero-order chi connectivity index (χ0) is 26.7. The topological polar surface area (TPSA) is 85.7 Å². The minimum absolute atomic E-state index is 0.0289. The van der Waals surface area contributed by atoms with Gasteiger partial charge < -0.3 is 19.7 Å². The lowest BCUT2D eigenvalue weighted by Crippen LogP contribution is -2.41. The summed E-state index contributed by atoms with van der Waals surface area (Å²) in [6, 6.07) is 12.0. The second-order valence-electron chi connectivity index (χ2n) is 10.2. The number of hydrogen-bond donors (Lipinski definition) is 1. The predicted octanol–water partition coefficient (Wildman–Crippen LogP) is 5.70. The van der Waals surface area contributed by atoms with Crippen LogP contribution in [-0.4, -0.2) is 52.5 Å². The molecule has 1 aliphatic heterocycles. The van der Waals surface area contributed by atoms with Crippen molar-refractivity contribution in [1.82, 2.24) is 14.7 Å². The van der Waals surface area contributed by atoms with Crippen molar-refractivity contribution in [3.63, 3.8) is 0 Å². The lowest BCUT2D eigenvalue weighted by Gasteiger charge is -2.34. The van der Waals surface area contributed by atoms with Gasteiger partial charge in [0.1, 0.15) is 17.2 Å². The van der Waals surface area contributed by atoms with Crippen LogP contribution in [0, 0.1) is 12.7 Å². The fourth-order valence-corrected chi connectivity index (χ4v) is 4.39. The molecule has 1 aromatic heterocycles. The van der Waals surface area contributed by atoms with Crippen LogP contribution in [0.2, 0.25) is 0 Å². The number of piperidine rings is 1. The van der Waals surface area contributed by atoms with Gasteiger partial charge in [0.15, 0.2) is 0 Å². The number of halogens is 1. The number of aromatic nitrogens is 2. The van der Waals surface area contributed by atoms with Crippen molar-refractivity contribution in [3.8, 4) is 11.4 Å². The molecular weight excluding hydrogens is 475 g/mol. The molecule has 0 radical (unpaired) electrons. The van der Waals surface area contributed by atoms with Gasteiger partial charge in [0.2, 0.25) is 0 Å². The molecule has 0 bridgehead atoms. The van der Waals surface area contributed by atoms with Gasteiger partial charge in [-0.2, -0.15) is 5.10 Å². The van der Waals surface area contributed by atoms with Crippen molar-refractivity contribution < 1.29 is 23.5 Å². The molecule has 0 atom stereocenters. The molecule has 1 saturated heterocycles. The number of anilines is 1. The third-order valence-electron chi connectivity index (χ3n) is 6.33. The monoisotopic (exact) mass is 508 g/mol. The summed E-state index contributed by atoms with van der Waals surface area (Å²) >= 11 is 0. The molecule has 2 amide bonds. The van der Waals surface area contributed by atoms with Gasteiger partial charge in [-0.15, -0.1) is 0 Å². The molecule has 8 nitrogen and oxygen atoms in total. The lowest BCUT2D eigenvalue weighted by atomic mass is 9.90. The van der Waals surface area contributed by atoms with Gasteiger partial charge in [-0.25, -0.2) is 13.9 Å². The number of carbonyl (C=O) groups excluding carboxylic acids is 2. The summed E-state index contributed by atoms with van der Waals surface area (Å²) in [6.45, 7) is 8.19. The number of benzene rings is 2. The van der Waals surface area contributed by atoms with Crippen molar-refractivity contribution >= 4 is 17.7 Å². The summed E-state index contributed by atoms with van der Waals surface area (Å²) in [5.74, 6) is -0.0738. The van der Waals surface area contributed by atoms with Crippen LogP contribution in [-0.2, 0) is 4.74 Å². The first-order chi connectivity index (χ1) is 17.6. The molecule has 3 aromatic rings. The maximum absolute atomic E-state index is 14.1. The Bertz CT molecular complexity index is 1270. The fourth-order valence-electron chi connectivity index (χ4n) is 4.39. The van der Waals surface area contributed by atoms with Crippen molar-refractivity contribution in [3.05, 3.63) is 71.3 Å². The Balaban J connectivity index is 1.62. The van der Waals surface area contributed by atoms with Crippen molar-refractivity contribution in [1.29, 1.82) is 0 Å². The van der Waals surface area contributed by atoms with Crippen LogP contribution in [0.3, 0.4) is 0 Å². The van der Waals surface area contributed by atoms with E-state index in [2.05, 4.69) is 10.4 Å². The van der Waals surface area contributed by atoms with Gasteiger partial charge in [0.25, 0.3) is 5.91 Å². The SMILES string of the molecule is COc1ccc(-n2ncc(C(=O)Nc3ccc(C)c(F)c3)c2C2CCN(C(=O)OC(C)(C)C)CC2)cc1. The van der Waals surface area contributed by atoms with E-state index < -0.39 is 5.60 Å². The van der Waals surface area contributed by atoms with Crippen LogP contribution < -0.4 is 10.1 Å². The minimum atomic E-state index is -0.568. The van der Waals surface area contributed by atoms with E-state index in [9.17, 15) is 14.0 Å². The van der Waals surface area contributed by atoms with Gasteiger partial charge in [0, 0.05) is 24.7 Å². The van der Waals surface area contributed by atoms with Gasteiger partial charge in [-0.1, -0.05) is 6.07 Å². The summed E-state index contributed by atoms with van der Waals surface area (Å²) in [5, 5.41) is 7.35. The minimum Gasteiger partial charge on any atom is -0.497 e. The average Bonchev–Trinajstić information content (AvgIpc) is 3.31. The van der Waals surface area contributed by atoms with Crippen molar-refractivity contribution in [2.24, 2.45) is 0 Å². The Morgan fingerprint density at radius 1 is 1.08 bits per heavy atom. The first-order valence-electron chi connectivity index (χ1n) is 12.3. The Hall–Kier alpha value is -3.88. The second-order valence-corrected chi connectivity index (χ2v) is 10.2. The van der Waals surface area contributed by atoms with E-state index in [0.717, 1.165) is 11.4 Å². The zero-order valence-electron chi connectivity index (χ0n) is 21.9. The number of hydrogen-bond acceptors (Lipinski definition) is 5. The highest BCUT2D eigenvalue weighted by Crippen LogP contribution is 2.33. The molecular formula is C28H33FN4O4. The number of likely N-dealkylation sites (tertiary alicyclic amines) is 1. The van der Waals surface area contributed by atoms with Crippen LogP contribution >= 0.6 is 0 Å². The van der Waals surface area contributed by atoms with Crippen molar-refractivity contribution in [2.75, 3.05) is 25.5 Å². The van der Waals surface area contributed by atoms with Crippen LogP contribution in [0.4, 0.5) is 14.9 Å². The van der Waals surface area contributed by atoms with E-state index in [0.29, 0.717) is 48.5 Å². The molecule has 2 aromatic carbocycles. The smallest absolute Gasteiger partial charge is 0.410 e. The molecule has 196 valence electrons. The summed E-state index contributed by atoms with van der Waals surface area (Å²) in [6.07, 6.45) is 2.48. The van der Waals surface area contributed by atoms with Gasteiger partial charge in [0.05, 0.1) is 30.3 Å². The molecule has 1 aliphatic rings. The van der Waals surface area contributed by atoms with E-state index >= 15 is 0 Å². The van der Waals surface area contributed by atoms with E-state index in [-0.39, 0.29) is 23.7 Å². The van der Waals surface area contributed by atoms with Gasteiger partial charge in [-0.05, 0) is 82.5 Å². The fraction of sp³-hybridized carbons (Fsp3) is 0.393. The highest BCUT2D eigenvalue weighted by Gasteiger charge is 2.32. The normalized spacial score (nSPS) is 14.4. The third-order valence-corrected chi connectivity index (χ3v) is 6.33. The highest BCUT2D eigenvalue weighted by molar-refractivity contribution is 6.05. The first kappa shape index (κ1) is 26.2. The third kappa shape index (κ3) is 6.10. The quantitative estimate of drug-likeness (QED) is 0.478. The predicted molar refractivity (Wildman–Crippen MR) is 139 cm³/mol. The van der Waals surface area contributed by atoms with E-state index in [1.165, 1.54) is 6.07 Å². The maximum atomic E-state index is 14.1. The van der Waals surface area contributed by atoms with Gasteiger partial charge >= 0.3 is 6.09 Å². The number of nitrogens with zero attached hydrogens (tertiary/aromatic N) is 3. The molecule has 4 rings (SSSR count). The second kappa shape index (κ2) is 10.6. The van der Waals surface area contributed by atoms with E-state index in [1.54, 1.807) is 41.9 Å². The maximum Gasteiger partial charge on any atom is 0.410 e. The Morgan fingerprint density at radius 3 is 2.35 bits per heavy atom. The van der Waals surface area contributed by atoms with Crippen LogP contribution in [0.15, 0.2) is 48.7 Å². The van der Waals surface area contributed by atoms with Crippen LogP contribution in [0.5, 0.6) is 5.75 Å². The molecule has 9 heteroatoms. The molecule has 37 heavy (non-hydrogen) atoms. The Labute approximate surface area is 216 Å². The summed E-state index contributed by atoms with van der Waals surface area (Å²) in [5.41, 5.74) is 2.25. The molecule has 1 N–H and O–H groups in total. The standard InChI is InChI=1S/C28H33FN4O4/c1-18-6-7-20(16-24(18)29)31-26(34)23-17-30-33(21-8-10-22(36-5)11-9-21)25(23)19-12-14-32(15-13-19)27(35)37-28(2,3)4/h6-11,16-17,19H,12-15H2,1-5H3,(H,31,34). The molecule has 1 fully saturated rings. The summed E-state index contributed by atoms with van der Waals surface area (Å²) in [7, 11) is 1.60. The Morgan fingerprint density at radius 2 is 1.76 bits per heavy atom. The number of aryl methyl sites for hydroxylation is 1. The molecule has 0 saturated carbocycles. The zero-order valence-corrected chi connectivity index (χ0v) is 21.9. The van der Waals surface area contributed by atoms with E-state index in [1.807, 2.05) is 45.0 Å². The lowest BCUT2D eigenvalue weighted by molar-refractivity contribution is 0.0203. The number of amides is 2. The van der Waals surface area contributed by atoms with E-state index in [4.69, 9.17) is 9.47 Å². The molecule has 0 aliphatic carbocycles. The Kier molecular flexibility index (Phi) is 7.52.